The highest BCUT2D eigenvalue weighted by Gasteiger charge is 2.18. The molecule has 0 aliphatic carbocycles. The minimum atomic E-state index is -0.435. The van der Waals surface area contributed by atoms with Crippen molar-refractivity contribution >= 4 is 11.4 Å². The molecule has 7 heteroatoms. The number of nitrogens with zero attached hydrogens (tertiary/aromatic N) is 1. The number of anilines is 1. The van der Waals surface area contributed by atoms with Gasteiger partial charge in [-0.25, -0.2) is 0 Å². The molecule has 0 radical (unpaired) electrons. The number of rotatable bonds is 6. The van der Waals surface area contributed by atoms with Gasteiger partial charge in [-0.2, -0.15) is 0 Å². The van der Waals surface area contributed by atoms with E-state index in [1.807, 2.05) is 13.8 Å². The van der Waals surface area contributed by atoms with Crippen LogP contribution in [0.2, 0.25) is 0 Å². The van der Waals surface area contributed by atoms with Crippen molar-refractivity contribution in [3.05, 3.63) is 28.3 Å². The summed E-state index contributed by atoms with van der Waals surface area (Å²) in [5.41, 5.74) is 0.759. The van der Waals surface area contributed by atoms with Crippen molar-refractivity contribution in [3.63, 3.8) is 0 Å². The number of nitro groups is 1. The lowest BCUT2D eigenvalue weighted by Crippen LogP contribution is -2.42. The van der Waals surface area contributed by atoms with E-state index in [1.165, 1.54) is 6.07 Å². The summed E-state index contributed by atoms with van der Waals surface area (Å²) in [5, 5.41) is 17.5. The monoisotopic (exact) mass is 295 g/mol. The molecule has 21 heavy (non-hydrogen) atoms. The highest BCUT2D eigenvalue weighted by atomic mass is 16.6. The third kappa shape index (κ3) is 4.57. The maximum absolute atomic E-state index is 11.0. The summed E-state index contributed by atoms with van der Waals surface area (Å²) in [6, 6.07) is 4.80. The van der Waals surface area contributed by atoms with Gasteiger partial charge in [0.05, 0.1) is 23.7 Å². The maximum Gasteiger partial charge on any atom is 0.311 e. The molecule has 0 amide bonds. The molecule has 1 aromatic rings. The van der Waals surface area contributed by atoms with Gasteiger partial charge in [-0.15, -0.1) is 0 Å². The first-order valence-electron chi connectivity index (χ1n) is 7.07. The smallest absolute Gasteiger partial charge is 0.311 e. The lowest BCUT2D eigenvalue weighted by atomic mass is 10.2. The van der Waals surface area contributed by atoms with E-state index in [4.69, 9.17) is 9.47 Å². The molecule has 2 rings (SSSR count). The Hall–Kier alpha value is -1.86. The lowest BCUT2D eigenvalue weighted by Gasteiger charge is -2.24. The van der Waals surface area contributed by atoms with Gasteiger partial charge in [-0.1, -0.05) is 0 Å². The second-order valence-corrected chi connectivity index (χ2v) is 5.18. The molecule has 1 unspecified atom stereocenters. The third-order valence-corrected chi connectivity index (χ3v) is 3.06. The fourth-order valence-electron chi connectivity index (χ4n) is 2.11. The van der Waals surface area contributed by atoms with Crippen molar-refractivity contribution < 1.29 is 14.4 Å². The number of hydrogen-bond acceptors (Lipinski definition) is 6. The topological polar surface area (TPSA) is 85.7 Å². The molecule has 1 saturated heterocycles. The van der Waals surface area contributed by atoms with Crippen LogP contribution in [0.15, 0.2) is 18.2 Å². The van der Waals surface area contributed by atoms with Gasteiger partial charge in [-0.3, -0.25) is 10.1 Å². The summed E-state index contributed by atoms with van der Waals surface area (Å²) in [6.07, 6.45) is -0.0202. The first-order chi connectivity index (χ1) is 10.1. The van der Waals surface area contributed by atoms with Crippen LogP contribution in [0, 0.1) is 10.1 Å². The first kappa shape index (κ1) is 15.5. The van der Waals surface area contributed by atoms with Gasteiger partial charge >= 0.3 is 5.69 Å². The average Bonchev–Trinajstić information content (AvgIpc) is 2.45. The molecule has 1 atom stereocenters. The van der Waals surface area contributed by atoms with Gasteiger partial charge in [0.15, 0.2) is 5.75 Å². The van der Waals surface area contributed by atoms with Crippen molar-refractivity contribution in [1.29, 1.82) is 0 Å². The number of ether oxygens (including phenoxy) is 2. The second kappa shape index (κ2) is 7.24. The standard InChI is InChI=1S/C14H21N3O4/c1-10(2)21-14-7-11(3-4-13(14)17(18)19)16-9-12-8-15-5-6-20-12/h3-4,7,10,12,15-16H,5-6,8-9H2,1-2H3. The van der Waals surface area contributed by atoms with Crippen molar-refractivity contribution in [1.82, 2.24) is 5.32 Å². The summed E-state index contributed by atoms with van der Waals surface area (Å²) in [7, 11) is 0. The number of hydrogen-bond donors (Lipinski definition) is 2. The van der Waals surface area contributed by atoms with Crippen LogP contribution >= 0.6 is 0 Å². The summed E-state index contributed by atoms with van der Waals surface area (Å²) in [4.78, 5) is 10.6. The number of nitrogens with one attached hydrogen (secondary N) is 2. The molecular weight excluding hydrogens is 274 g/mol. The Balaban J connectivity index is 2.03. The molecule has 7 nitrogen and oxygen atoms in total. The molecule has 0 bridgehead atoms. The van der Waals surface area contributed by atoms with Crippen LogP contribution in [0.1, 0.15) is 13.8 Å². The van der Waals surface area contributed by atoms with Gasteiger partial charge in [0.2, 0.25) is 0 Å². The second-order valence-electron chi connectivity index (χ2n) is 5.18. The zero-order valence-corrected chi connectivity index (χ0v) is 12.3. The third-order valence-electron chi connectivity index (χ3n) is 3.06. The van der Waals surface area contributed by atoms with Crippen LogP contribution < -0.4 is 15.4 Å². The van der Waals surface area contributed by atoms with Crippen molar-refractivity contribution in [2.75, 3.05) is 31.6 Å². The molecular formula is C14H21N3O4. The molecule has 1 aliphatic rings. The Morgan fingerprint density at radius 2 is 2.38 bits per heavy atom. The van der Waals surface area contributed by atoms with Gasteiger partial charge in [0.25, 0.3) is 0 Å². The Kier molecular flexibility index (Phi) is 5.35. The SMILES string of the molecule is CC(C)Oc1cc(NCC2CNCCO2)ccc1[N+](=O)[O-]. The van der Waals surface area contributed by atoms with Crippen LogP contribution in [0.5, 0.6) is 5.75 Å². The van der Waals surface area contributed by atoms with Crippen LogP contribution in [-0.4, -0.2) is 43.4 Å². The van der Waals surface area contributed by atoms with Crippen molar-refractivity contribution in [2.45, 2.75) is 26.1 Å². The molecule has 2 N–H and O–H groups in total. The normalized spacial score (nSPS) is 18.5. The van der Waals surface area contributed by atoms with Crippen LogP contribution in [-0.2, 0) is 4.74 Å². The quantitative estimate of drug-likeness (QED) is 0.614. The highest BCUT2D eigenvalue weighted by molar-refractivity contribution is 5.58. The Morgan fingerprint density at radius 3 is 3.00 bits per heavy atom. The number of morpholine rings is 1. The van der Waals surface area contributed by atoms with E-state index in [1.54, 1.807) is 12.1 Å². The van der Waals surface area contributed by atoms with E-state index in [-0.39, 0.29) is 23.6 Å². The molecule has 1 aliphatic heterocycles. The molecule has 116 valence electrons. The van der Waals surface area contributed by atoms with E-state index >= 15 is 0 Å². The minimum Gasteiger partial charge on any atom is -0.484 e. The molecule has 1 heterocycles. The van der Waals surface area contributed by atoms with Crippen LogP contribution in [0.4, 0.5) is 11.4 Å². The van der Waals surface area contributed by atoms with E-state index in [0.717, 1.165) is 18.8 Å². The molecule has 1 aromatic carbocycles. The van der Waals surface area contributed by atoms with Crippen molar-refractivity contribution in [2.24, 2.45) is 0 Å². The summed E-state index contributed by atoms with van der Waals surface area (Å²) in [5.74, 6) is 0.280. The molecule has 0 spiro atoms. The van der Waals surface area contributed by atoms with Gasteiger partial charge in [-0.05, 0) is 19.9 Å². The molecule has 1 fully saturated rings. The predicted octanol–water partition coefficient (Wildman–Crippen LogP) is 1.78. The van der Waals surface area contributed by atoms with Gasteiger partial charge in [0.1, 0.15) is 0 Å². The fraction of sp³-hybridized carbons (Fsp3) is 0.571. The van der Waals surface area contributed by atoms with Crippen LogP contribution in [0.3, 0.4) is 0 Å². The number of benzene rings is 1. The highest BCUT2D eigenvalue weighted by Crippen LogP contribution is 2.30. The average molecular weight is 295 g/mol. The minimum absolute atomic E-state index is 0.0233. The Bertz CT molecular complexity index is 487. The molecule has 0 aromatic heterocycles. The summed E-state index contributed by atoms with van der Waals surface area (Å²) >= 11 is 0. The van der Waals surface area contributed by atoms with Crippen LogP contribution in [0.25, 0.3) is 0 Å². The zero-order chi connectivity index (χ0) is 15.2. The van der Waals surface area contributed by atoms with Crippen molar-refractivity contribution in [3.8, 4) is 5.75 Å². The van der Waals surface area contributed by atoms with E-state index in [0.29, 0.717) is 13.2 Å². The summed E-state index contributed by atoms with van der Waals surface area (Å²) in [6.45, 7) is 6.70. The number of nitro benzene ring substituents is 1. The van der Waals surface area contributed by atoms with Gasteiger partial charge in [0, 0.05) is 37.5 Å². The predicted molar refractivity (Wildman–Crippen MR) is 80.0 cm³/mol. The lowest BCUT2D eigenvalue weighted by molar-refractivity contribution is -0.386. The van der Waals surface area contributed by atoms with E-state index in [2.05, 4.69) is 10.6 Å². The largest absolute Gasteiger partial charge is 0.484 e. The Morgan fingerprint density at radius 1 is 1.57 bits per heavy atom. The van der Waals surface area contributed by atoms with Gasteiger partial charge < -0.3 is 20.1 Å². The zero-order valence-electron chi connectivity index (χ0n) is 12.3. The van der Waals surface area contributed by atoms with E-state index in [9.17, 15) is 10.1 Å². The maximum atomic E-state index is 11.0. The Labute approximate surface area is 123 Å². The van der Waals surface area contributed by atoms with E-state index < -0.39 is 4.92 Å². The fourth-order valence-corrected chi connectivity index (χ4v) is 2.11. The molecule has 0 saturated carbocycles. The first-order valence-corrected chi connectivity index (χ1v) is 7.07. The summed E-state index contributed by atoms with van der Waals surface area (Å²) < 4.78 is 11.1.